The van der Waals surface area contributed by atoms with E-state index in [0.717, 1.165) is 22.6 Å². The van der Waals surface area contributed by atoms with E-state index in [1.165, 1.54) is 11.8 Å². The van der Waals surface area contributed by atoms with Crippen LogP contribution in [-0.4, -0.2) is 26.8 Å². The Labute approximate surface area is 170 Å². The quantitative estimate of drug-likeness (QED) is 0.614. The number of thioether (sulfide) groups is 1. The second kappa shape index (κ2) is 8.61. The van der Waals surface area contributed by atoms with Crippen molar-refractivity contribution in [1.29, 1.82) is 0 Å². The molecule has 3 aromatic rings. The van der Waals surface area contributed by atoms with Crippen molar-refractivity contribution in [2.45, 2.75) is 44.8 Å². The van der Waals surface area contributed by atoms with Crippen molar-refractivity contribution in [2.24, 2.45) is 0 Å². The van der Waals surface area contributed by atoms with Crippen LogP contribution in [0.25, 0.3) is 0 Å². The first kappa shape index (κ1) is 20.1. The van der Waals surface area contributed by atoms with Gasteiger partial charge in [-0.25, -0.2) is 4.98 Å². The van der Waals surface area contributed by atoms with Crippen molar-refractivity contribution in [3.63, 3.8) is 0 Å². The number of nitrogens with one attached hydrogen (secondary N) is 1. The first-order valence-electron chi connectivity index (χ1n) is 9.29. The van der Waals surface area contributed by atoms with Crippen molar-refractivity contribution >= 4 is 23.4 Å². The normalized spacial score (nSPS) is 11.4. The van der Waals surface area contributed by atoms with Crippen LogP contribution < -0.4 is 4.90 Å². The zero-order chi connectivity index (χ0) is 20.1. The predicted octanol–water partition coefficient (Wildman–Crippen LogP) is 4.74. The number of anilines is 1. The number of aryl methyl sites for hydroxylation is 1. The van der Waals surface area contributed by atoms with Crippen LogP contribution in [0.4, 0.5) is 5.69 Å². The second-order valence-corrected chi connectivity index (χ2v) is 8.75. The SMILES string of the molecule is Cc1cccc(N(Cc2ccccc2)C(=O)CSc2n[nH]c(C(C)(C)C)n2)c1. The van der Waals surface area contributed by atoms with E-state index in [-0.39, 0.29) is 17.1 Å². The molecule has 0 unspecified atom stereocenters. The summed E-state index contributed by atoms with van der Waals surface area (Å²) in [7, 11) is 0. The minimum absolute atomic E-state index is 0.0292. The molecule has 0 fully saturated rings. The fourth-order valence-corrected chi connectivity index (χ4v) is 3.41. The van der Waals surface area contributed by atoms with E-state index >= 15 is 0 Å². The smallest absolute Gasteiger partial charge is 0.237 e. The summed E-state index contributed by atoms with van der Waals surface area (Å²) in [5, 5.41) is 7.81. The zero-order valence-electron chi connectivity index (χ0n) is 16.8. The summed E-state index contributed by atoms with van der Waals surface area (Å²) in [5.41, 5.74) is 3.02. The molecule has 0 radical (unpaired) electrons. The molecule has 0 saturated heterocycles. The molecule has 3 rings (SSSR count). The van der Waals surface area contributed by atoms with Gasteiger partial charge < -0.3 is 4.90 Å². The highest BCUT2D eigenvalue weighted by molar-refractivity contribution is 7.99. The van der Waals surface area contributed by atoms with E-state index in [0.29, 0.717) is 11.7 Å². The average Bonchev–Trinajstić information content (AvgIpc) is 3.14. The molecule has 1 amide bonds. The summed E-state index contributed by atoms with van der Waals surface area (Å²) in [6.07, 6.45) is 0. The Morgan fingerprint density at radius 3 is 2.50 bits per heavy atom. The van der Waals surface area contributed by atoms with Crippen LogP contribution in [-0.2, 0) is 16.8 Å². The number of aromatic amines is 1. The Bertz CT molecular complexity index is 931. The molecule has 28 heavy (non-hydrogen) atoms. The highest BCUT2D eigenvalue weighted by Gasteiger charge is 2.21. The maximum atomic E-state index is 13.1. The van der Waals surface area contributed by atoms with E-state index in [2.05, 4.69) is 36.0 Å². The first-order chi connectivity index (χ1) is 13.3. The molecule has 146 valence electrons. The average molecular weight is 395 g/mol. The maximum Gasteiger partial charge on any atom is 0.237 e. The number of rotatable bonds is 6. The van der Waals surface area contributed by atoms with E-state index in [9.17, 15) is 4.79 Å². The van der Waals surface area contributed by atoms with Crippen LogP contribution in [0.1, 0.15) is 37.7 Å². The lowest BCUT2D eigenvalue weighted by Gasteiger charge is -2.23. The highest BCUT2D eigenvalue weighted by Crippen LogP contribution is 2.24. The fourth-order valence-electron chi connectivity index (χ4n) is 2.74. The molecular weight excluding hydrogens is 368 g/mol. The summed E-state index contributed by atoms with van der Waals surface area (Å²) in [6.45, 7) is 8.79. The standard InChI is InChI=1S/C22H26N4OS/c1-16-9-8-12-18(13-16)26(14-17-10-6-5-7-11-17)19(27)15-28-21-23-20(24-25-21)22(2,3)4/h5-13H,14-15H2,1-4H3,(H,23,24,25). The van der Waals surface area contributed by atoms with Gasteiger partial charge in [0.2, 0.25) is 11.1 Å². The Balaban J connectivity index is 1.75. The number of nitrogens with zero attached hydrogens (tertiary/aromatic N) is 3. The van der Waals surface area contributed by atoms with Gasteiger partial charge in [0.25, 0.3) is 0 Å². The van der Waals surface area contributed by atoms with Crippen LogP contribution in [0.5, 0.6) is 0 Å². The van der Waals surface area contributed by atoms with Crippen LogP contribution in [0.15, 0.2) is 59.8 Å². The van der Waals surface area contributed by atoms with Gasteiger partial charge in [-0.2, -0.15) is 0 Å². The van der Waals surface area contributed by atoms with Gasteiger partial charge >= 0.3 is 0 Å². The van der Waals surface area contributed by atoms with Gasteiger partial charge in [0.15, 0.2) is 0 Å². The predicted molar refractivity (Wildman–Crippen MR) is 115 cm³/mol. The Kier molecular flexibility index (Phi) is 6.19. The molecular formula is C22H26N4OS. The number of aromatic nitrogens is 3. The highest BCUT2D eigenvalue weighted by atomic mass is 32.2. The third-order valence-electron chi connectivity index (χ3n) is 4.30. The van der Waals surface area contributed by atoms with Crippen molar-refractivity contribution in [3.8, 4) is 0 Å². The van der Waals surface area contributed by atoms with Crippen LogP contribution in [0.2, 0.25) is 0 Å². The minimum atomic E-state index is -0.100. The number of carbonyl (C=O) groups is 1. The number of H-pyrrole nitrogens is 1. The number of benzene rings is 2. The Hall–Kier alpha value is -2.60. The minimum Gasteiger partial charge on any atom is -0.307 e. The van der Waals surface area contributed by atoms with Gasteiger partial charge in [0, 0.05) is 11.1 Å². The zero-order valence-corrected chi connectivity index (χ0v) is 17.6. The van der Waals surface area contributed by atoms with Gasteiger partial charge in [-0.15, -0.1) is 5.10 Å². The van der Waals surface area contributed by atoms with Crippen LogP contribution >= 0.6 is 11.8 Å². The maximum absolute atomic E-state index is 13.1. The summed E-state index contributed by atoms with van der Waals surface area (Å²) in [5.74, 6) is 1.13. The van der Waals surface area contributed by atoms with E-state index in [1.54, 1.807) is 0 Å². The van der Waals surface area contributed by atoms with Gasteiger partial charge in [0.05, 0.1) is 12.3 Å². The molecule has 1 aromatic heterocycles. The lowest BCUT2D eigenvalue weighted by Crippen LogP contribution is -2.32. The van der Waals surface area contributed by atoms with E-state index in [1.807, 2.05) is 66.4 Å². The second-order valence-electron chi connectivity index (χ2n) is 7.81. The van der Waals surface area contributed by atoms with Crippen molar-refractivity contribution in [1.82, 2.24) is 15.2 Å². The molecule has 0 spiro atoms. The number of hydrogen-bond donors (Lipinski definition) is 1. The third-order valence-corrected chi connectivity index (χ3v) is 5.13. The molecule has 2 aromatic carbocycles. The summed E-state index contributed by atoms with van der Waals surface area (Å²) >= 11 is 1.36. The van der Waals surface area contributed by atoms with Gasteiger partial charge in [-0.05, 0) is 30.2 Å². The van der Waals surface area contributed by atoms with Gasteiger partial charge in [-0.1, -0.05) is 75.0 Å². The van der Waals surface area contributed by atoms with Crippen molar-refractivity contribution < 1.29 is 4.79 Å². The molecule has 1 heterocycles. The topological polar surface area (TPSA) is 61.9 Å². The van der Waals surface area contributed by atoms with Crippen molar-refractivity contribution in [3.05, 3.63) is 71.5 Å². The van der Waals surface area contributed by atoms with E-state index < -0.39 is 0 Å². The Morgan fingerprint density at radius 1 is 1.11 bits per heavy atom. The molecule has 1 N–H and O–H groups in total. The third kappa shape index (κ3) is 5.23. The summed E-state index contributed by atoms with van der Waals surface area (Å²) in [4.78, 5) is 19.4. The van der Waals surface area contributed by atoms with Crippen molar-refractivity contribution in [2.75, 3.05) is 10.7 Å². The van der Waals surface area contributed by atoms with Gasteiger partial charge in [0.1, 0.15) is 5.82 Å². The first-order valence-corrected chi connectivity index (χ1v) is 10.3. The number of carbonyl (C=O) groups excluding carboxylic acids is 1. The number of amides is 1. The molecule has 0 atom stereocenters. The Morgan fingerprint density at radius 2 is 1.86 bits per heavy atom. The summed E-state index contributed by atoms with van der Waals surface area (Å²) < 4.78 is 0. The molecule has 0 aliphatic carbocycles. The monoisotopic (exact) mass is 394 g/mol. The molecule has 0 saturated carbocycles. The molecule has 5 nitrogen and oxygen atoms in total. The lowest BCUT2D eigenvalue weighted by molar-refractivity contribution is -0.116. The lowest BCUT2D eigenvalue weighted by atomic mass is 9.96. The largest absolute Gasteiger partial charge is 0.307 e. The molecule has 0 aliphatic heterocycles. The van der Waals surface area contributed by atoms with Gasteiger partial charge in [-0.3, -0.25) is 9.89 Å². The number of hydrogen-bond acceptors (Lipinski definition) is 4. The summed E-state index contributed by atoms with van der Waals surface area (Å²) in [6, 6.07) is 18.1. The fraction of sp³-hybridized carbons (Fsp3) is 0.318. The molecule has 0 bridgehead atoms. The molecule has 6 heteroatoms. The molecule has 0 aliphatic rings. The van der Waals surface area contributed by atoms with Crippen LogP contribution in [0, 0.1) is 6.92 Å². The van der Waals surface area contributed by atoms with Crippen LogP contribution in [0.3, 0.4) is 0 Å². The van der Waals surface area contributed by atoms with E-state index in [4.69, 9.17) is 0 Å².